The molecule has 0 aliphatic carbocycles. The molecule has 0 radical (unpaired) electrons. The first kappa shape index (κ1) is 18.4. The van der Waals surface area contributed by atoms with Gasteiger partial charge in [-0.3, -0.25) is 14.5 Å². The van der Waals surface area contributed by atoms with Gasteiger partial charge < -0.3 is 20.9 Å². The molecule has 0 spiro atoms. The van der Waals surface area contributed by atoms with E-state index in [1.807, 2.05) is 6.07 Å². The molecule has 2 aliphatic rings. The Kier molecular flexibility index (Phi) is 5.30. The standard InChI is InChI=1S/C17H19N3O5S/c1-25-7-10-8-26-16-12(15(22)20(16)13(10)17(23)24)19-14(21)11(18)9-5-3-2-4-6-9/h2-6,11-12,16H,7-8,18H2,1H3,(H,19,21)(H,23,24). The number of carbonyl (C=O) groups is 3. The van der Waals surface area contributed by atoms with Crippen LogP contribution >= 0.6 is 11.8 Å². The Morgan fingerprint density at radius 3 is 2.73 bits per heavy atom. The minimum Gasteiger partial charge on any atom is -0.477 e. The van der Waals surface area contributed by atoms with Gasteiger partial charge in [-0.2, -0.15) is 0 Å². The van der Waals surface area contributed by atoms with E-state index in [-0.39, 0.29) is 12.3 Å². The zero-order valence-corrected chi connectivity index (χ0v) is 14.9. The number of nitrogens with one attached hydrogen (secondary N) is 1. The highest BCUT2D eigenvalue weighted by atomic mass is 32.2. The summed E-state index contributed by atoms with van der Waals surface area (Å²) in [6, 6.07) is 7.14. The van der Waals surface area contributed by atoms with Crippen molar-refractivity contribution in [1.82, 2.24) is 10.2 Å². The highest BCUT2D eigenvalue weighted by Crippen LogP contribution is 2.40. The third kappa shape index (κ3) is 3.20. The van der Waals surface area contributed by atoms with Gasteiger partial charge in [0.05, 0.1) is 6.61 Å². The molecule has 9 heteroatoms. The smallest absolute Gasteiger partial charge is 0.352 e. The number of amides is 2. The summed E-state index contributed by atoms with van der Waals surface area (Å²) < 4.78 is 5.02. The van der Waals surface area contributed by atoms with Crippen molar-refractivity contribution in [3.05, 3.63) is 47.2 Å². The molecule has 26 heavy (non-hydrogen) atoms. The molecule has 1 saturated heterocycles. The van der Waals surface area contributed by atoms with Crippen molar-refractivity contribution >= 4 is 29.5 Å². The average molecular weight is 377 g/mol. The Labute approximate surface area is 154 Å². The van der Waals surface area contributed by atoms with Crippen LogP contribution in [0.25, 0.3) is 0 Å². The van der Waals surface area contributed by atoms with Crippen molar-refractivity contribution in [2.24, 2.45) is 5.73 Å². The quantitative estimate of drug-likeness (QED) is 0.600. The Morgan fingerprint density at radius 2 is 2.12 bits per heavy atom. The molecule has 138 valence electrons. The van der Waals surface area contributed by atoms with Crippen LogP contribution in [0, 0.1) is 0 Å². The van der Waals surface area contributed by atoms with Gasteiger partial charge in [-0.05, 0) is 11.1 Å². The normalized spacial score (nSPS) is 23.2. The first-order valence-electron chi connectivity index (χ1n) is 7.95. The second-order valence-electron chi connectivity index (χ2n) is 5.97. The molecule has 1 fully saturated rings. The van der Waals surface area contributed by atoms with Crippen LogP contribution in [-0.4, -0.2) is 58.7 Å². The summed E-state index contributed by atoms with van der Waals surface area (Å²) in [5.41, 5.74) is 7.07. The molecule has 3 rings (SSSR count). The number of carboxylic acids is 1. The number of carbonyl (C=O) groups excluding carboxylic acids is 2. The molecule has 2 amide bonds. The van der Waals surface area contributed by atoms with Crippen LogP contribution in [0.5, 0.6) is 0 Å². The third-order valence-corrected chi connectivity index (χ3v) is 5.65. The fraction of sp³-hybridized carbons (Fsp3) is 0.353. The highest BCUT2D eigenvalue weighted by Gasteiger charge is 2.54. The summed E-state index contributed by atoms with van der Waals surface area (Å²) in [4.78, 5) is 37.6. The maximum atomic E-state index is 12.5. The number of hydrogen-bond donors (Lipinski definition) is 3. The van der Waals surface area contributed by atoms with Crippen LogP contribution in [0.4, 0.5) is 0 Å². The molecule has 0 aromatic heterocycles. The number of rotatable bonds is 6. The fourth-order valence-corrected chi connectivity index (χ4v) is 4.35. The van der Waals surface area contributed by atoms with Gasteiger partial charge in [0.15, 0.2) is 0 Å². The Bertz CT molecular complexity index is 767. The lowest BCUT2D eigenvalue weighted by Gasteiger charge is -2.49. The molecule has 0 bridgehead atoms. The van der Waals surface area contributed by atoms with Gasteiger partial charge in [-0.15, -0.1) is 11.8 Å². The Balaban J connectivity index is 1.73. The Hall–Kier alpha value is -2.36. The van der Waals surface area contributed by atoms with E-state index in [1.54, 1.807) is 24.3 Å². The number of thioether (sulfide) groups is 1. The lowest BCUT2D eigenvalue weighted by atomic mass is 10.0. The zero-order chi connectivity index (χ0) is 18.8. The van der Waals surface area contributed by atoms with E-state index in [0.717, 1.165) is 0 Å². The van der Waals surface area contributed by atoms with Gasteiger partial charge in [0.25, 0.3) is 5.91 Å². The lowest BCUT2D eigenvalue weighted by Crippen LogP contribution is -2.71. The summed E-state index contributed by atoms with van der Waals surface area (Å²) in [5.74, 6) is -1.69. The van der Waals surface area contributed by atoms with Crippen molar-refractivity contribution in [1.29, 1.82) is 0 Å². The van der Waals surface area contributed by atoms with Crippen molar-refractivity contribution in [3.8, 4) is 0 Å². The highest BCUT2D eigenvalue weighted by molar-refractivity contribution is 8.00. The summed E-state index contributed by atoms with van der Waals surface area (Å²) in [7, 11) is 1.47. The van der Waals surface area contributed by atoms with Gasteiger partial charge in [-0.25, -0.2) is 4.79 Å². The van der Waals surface area contributed by atoms with Crippen LogP contribution in [0.2, 0.25) is 0 Å². The van der Waals surface area contributed by atoms with Crippen LogP contribution < -0.4 is 11.1 Å². The molecule has 4 N–H and O–H groups in total. The topological polar surface area (TPSA) is 122 Å². The number of methoxy groups -OCH3 is 1. The van der Waals surface area contributed by atoms with Crippen molar-refractivity contribution < 1.29 is 24.2 Å². The number of aliphatic carboxylic acids is 1. The van der Waals surface area contributed by atoms with Gasteiger partial charge >= 0.3 is 5.97 Å². The minimum absolute atomic E-state index is 0.0570. The molecule has 2 heterocycles. The molecule has 1 aromatic rings. The molecule has 1 aromatic carbocycles. The second-order valence-corrected chi connectivity index (χ2v) is 7.08. The van der Waals surface area contributed by atoms with Crippen molar-refractivity contribution in [2.45, 2.75) is 17.5 Å². The summed E-state index contributed by atoms with van der Waals surface area (Å²) in [6.07, 6.45) is 0. The number of carboxylic acid groups (broad SMARTS) is 1. The van der Waals surface area contributed by atoms with Crippen LogP contribution in [0.3, 0.4) is 0 Å². The zero-order valence-electron chi connectivity index (χ0n) is 14.0. The van der Waals surface area contributed by atoms with Crippen molar-refractivity contribution in [2.75, 3.05) is 19.5 Å². The first-order valence-corrected chi connectivity index (χ1v) is 9.00. The predicted octanol–water partition coefficient (Wildman–Crippen LogP) is 0.0714. The summed E-state index contributed by atoms with van der Waals surface area (Å²) in [6.45, 7) is 0.140. The minimum atomic E-state index is -1.18. The lowest BCUT2D eigenvalue weighted by molar-refractivity contribution is -0.151. The van der Waals surface area contributed by atoms with E-state index in [9.17, 15) is 19.5 Å². The molecule has 3 atom stereocenters. The molecule has 8 nitrogen and oxygen atoms in total. The Morgan fingerprint density at radius 1 is 1.42 bits per heavy atom. The van der Waals surface area contributed by atoms with E-state index in [1.165, 1.54) is 23.8 Å². The number of nitrogens with two attached hydrogens (primary N) is 1. The molecule has 2 aliphatic heterocycles. The number of nitrogens with zero attached hydrogens (tertiary/aromatic N) is 1. The van der Waals surface area contributed by atoms with Gasteiger partial charge in [0, 0.05) is 12.9 Å². The maximum Gasteiger partial charge on any atom is 0.352 e. The van der Waals surface area contributed by atoms with Crippen LogP contribution in [0.1, 0.15) is 11.6 Å². The number of hydrogen-bond acceptors (Lipinski definition) is 6. The summed E-state index contributed by atoms with van der Waals surface area (Å²) in [5, 5.41) is 11.6. The van der Waals surface area contributed by atoms with Crippen LogP contribution in [-0.2, 0) is 19.1 Å². The largest absolute Gasteiger partial charge is 0.477 e. The fourth-order valence-electron chi connectivity index (χ4n) is 3.02. The van der Waals surface area contributed by atoms with E-state index < -0.39 is 35.2 Å². The second kappa shape index (κ2) is 7.48. The van der Waals surface area contributed by atoms with Gasteiger partial charge in [-0.1, -0.05) is 30.3 Å². The van der Waals surface area contributed by atoms with Crippen molar-refractivity contribution in [3.63, 3.8) is 0 Å². The first-order chi connectivity index (χ1) is 12.5. The predicted molar refractivity (Wildman–Crippen MR) is 94.9 cm³/mol. The molecular weight excluding hydrogens is 358 g/mol. The molecule has 3 unspecified atom stereocenters. The van der Waals surface area contributed by atoms with E-state index in [0.29, 0.717) is 16.9 Å². The van der Waals surface area contributed by atoms with E-state index in [2.05, 4.69) is 5.32 Å². The summed E-state index contributed by atoms with van der Waals surface area (Å²) >= 11 is 1.39. The molecular formula is C17H19N3O5S. The maximum absolute atomic E-state index is 12.5. The monoisotopic (exact) mass is 377 g/mol. The van der Waals surface area contributed by atoms with E-state index >= 15 is 0 Å². The van der Waals surface area contributed by atoms with Gasteiger partial charge in [0.1, 0.15) is 23.2 Å². The number of benzene rings is 1. The number of β-lactam (4-membered cyclic amide) rings is 1. The van der Waals surface area contributed by atoms with E-state index in [4.69, 9.17) is 10.5 Å². The average Bonchev–Trinajstić information content (AvgIpc) is 2.65. The number of fused-ring (bicyclic) bond motifs is 1. The third-order valence-electron chi connectivity index (χ3n) is 4.31. The molecule has 0 saturated carbocycles. The number of ether oxygens (including phenoxy) is 1. The SMILES string of the molecule is COCC1=C(C(=O)O)N2C(=O)C(NC(=O)C(N)c3ccccc3)C2SC1. The van der Waals surface area contributed by atoms with Gasteiger partial charge in [0.2, 0.25) is 5.91 Å². The van der Waals surface area contributed by atoms with Crippen LogP contribution in [0.15, 0.2) is 41.6 Å².